The SMILES string of the molecule is O=S(=O)(c1cc(Cl)cc(Cl)c1)N1CCC(CCCC2CCNCC2)CC1. The average Bonchev–Trinajstić information content (AvgIpc) is 2.62. The van der Waals surface area contributed by atoms with E-state index < -0.39 is 10.0 Å². The van der Waals surface area contributed by atoms with Crippen LogP contribution < -0.4 is 5.32 Å². The molecule has 1 N–H and O–H groups in total. The lowest BCUT2D eigenvalue weighted by atomic mass is 9.87. The third-order valence-electron chi connectivity index (χ3n) is 5.73. The second-order valence-corrected chi connectivity index (χ2v) is 10.4. The van der Waals surface area contributed by atoms with Crippen LogP contribution in [0.2, 0.25) is 10.0 Å². The van der Waals surface area contributed by atoms with Crippen LogP contribution >= 0.6 is 23.2 Å². The van der Waals surface area contributed by atoms with Crippen LogP contribution in [0.25, 0.3) is 0 Å². The summed E-state index contributed by atoms with van der Waals surface area (Å²) in [6.07, 6.45) is 8.31. The highest BCUT2D eigenvalue weighted by Crippen LogP contribution is 2.30. The van der Waals surface area contributed by atoms with Crippen LogP contribution in [0.15, 0.2) is 23.1 Å². The fourth-order valence-electron chi connectivity index (χ4n) is 4.13. The van der Waals surface area contributed by atoms with Gasteiger partial charge in [0, 0.05) is 23.1 Å². The van der Waals surface area contributed by atoms with Gasteiger partial charge in [0.05, 0.1) is 4.90 Å². The molecule has 2 aliphatic heterocycles. The van der Waals surface area contributed by atoms with Crippen molar-refractivity contribution in [3.8, 4) is 0 Å². The predicted octanol–water partition coefficient (Wildman–Crippen LogP) is 4.56. The number of nitrogens with zero attached hydrogens (tertiary/aromatic N) is 1. The molecule has 26 heavy (non-hydrogen) atoms. The molecule has 0 unspecified atom stereocenters. The Morgan fingerprint density at radius 2 is 1.46 bits per heavy atom. The Balaban J connectivity index is 1.48. The third kappa shape index (κ3) is 5.35. The van der Waals surface area contributed by atoms with Gasteiger partial charge in [-0.15, -0.1) is 0 Å². The molecule has 4 nitrogen and oxygen atoms in total. The quantitative estimate of drug-likeness (QED) is 0.735. The maximum absolute atomic E-state index is 12.8. The zero-order valence-corrected chi connectivity index (χ0v) is 17.4. The van der Waals surface area contributed by atoms with Gasteiger partial charge in [0.2, 0.25) is 10.0 Å². The number of hydrogen-bond donors (Lipinski definition) is 1. The van der Waals surface area contributed by atoms with Gasteiger partial charge >= 0.3 is 0 Å². The minimum Gasteiger partial charge on any atom is -0.317 e. The van der Waals surface area contributed by atoms with Crippen molar-refractivity contribution >= 4 is 33.2 Å². The summed E-state index contributed by atoms with van der Waals surface area (Å²) in [6, 6.07) is 4.51. The fourth-order valence-corrected chi connectivity index (χ4v) is 6.33. The molecule has 2 saturated heterocycles. The molecule has 0 bridgehead atoms. The van der Waals surface area contributed by atoms with Crippen LogP contribution in [-0.4, -0.2) is 38.9 Å². The molecule has 1 aromatic rings. The molecule has 0 saturated carbocycles. The Morgan fingerprint density at radius 1 is 0.923 bits per heavy atom. The van der Waals surface area contributed by atoms with E-state index in [2.05, 4.69) is 5.32 Å². The van der Waals surface area contributed by atoms with Crippen molar-refractivity contribution in [2.45, 2.75) is 49.8 Å². The van der Waals surface area contributed by atoms with Crippen LogP contribution in [0, 0.1) is 11.8 Å². The van der Waals surface area contributed by atoms with Gasteiger partial charge in [-0.3, -0.25) is 0 Å². The topological polar surface area (TPSA) is 49.4 Å². The number of piperidine rings is 2. The highest BCUT2D eigenvalue weighted by Gasteiger charge is 2.29. The molecule has 0 atom stereocenters. The van der Waals surface area contributed by atoms with E-state index in [0.29, 0.717) is 29.1 Å². The van der Waals surface area contributed by atoms with E-state index in [-0.39, 0.29) is 4.90 Å². The van der Waals surface area contributed by atoms with E-state index in [1.807, 2.05) is 0 Å². The normalized spacial score (nSPS) is 21.2. The predicted molar refractivity (Wildman–Crippen MR) is 107 cm³/mol. The summed E-state index contributed by atoms with van der Waals surface area (Å²) >= 11 is 11.9. The molecule has 2 fully saturated rings. The lowest BCUT2D eigenvalue weighted by Gasteiger charge is -2.31. The Kier molecular flexibility index (Phi) is 7.25. The minimum absolute atomic E-state index is 0.194. The number of sulfonamides is 1. The Hall–Kier alpha value is -0.330. The van der Waals surface area contributed by atoms with Crippen LogP contribution in [0.4, 0.5) is 0 Å². The minimum atomic E-state index is -3.51. The van der Waals surface area contributed by atoms with Crippen LogP contribution in [0.3, 0.4) is 0 Å². The molecular formula is C19H28Cl2N2O2S. The van der Waals surface area contributed by atoms with Crippen molar-refractivity contribution in [2.75, 3.05) is 26.2 Å². The molecule has 0 aromatic heterocycles. The van der Waals surface area contributed by atoms with Crippen molar-refractivity contribution < 1.29 is 8.42 Å². The van der Waals surface area contributed by atoms with Crippen LogP contribution in [0.1, 0.15) is 44.9 Å². The van der Waals surface area contributed by atoms with E-state index in [1.165, 1.54) is 44.2 Å². The van der Waals surface area contributed by atoms with Gasteiger partial charge in [-0.05, 0) is 68.8 Å². The number of hydrogen-bond acceptors (Lipinski definition) is 3. The first-order valence-corrected chi connectivity index (χ1v) is 11.8. The standard InChI is InChI=1S/C19H28Cl2N2O2S/c20-17-12-18(21)14-19(13-17)26(24,25)23-10-6-16(7-11-23)3-1-2-15-4-8-22-9-5-15/h12-16,22H,1-11H2. The van der Waals surface area contributed by atoms with Crippen LogP contribution in [0.5, 0.6) is 0 Å². The van der Waals surface area contributed by atoms with Crippen molar-refractivity contribution in [3.63, 3.8) is 0 Å². The Bertz CT molecular complexity index is 677. The number of halogens is 2. The molecular weight excluding hydrogens is 391 g/mol. The molecule has 7 heteroatoms. The first kappa shape index (κ1) is 20.4. The number of benzene rings is 1. The van der Waals surface area contributed by atoms with Gasteiger partial charge in [-0.1, -0.05) is 42.5 Å². The monoisotopic (exact) mass is 418 g/mol. The second kappa shape index (κ2) is 9.24. The summed E-state index contributed by atoms with van der Waals surface area (Å²) in [4.78, 5) is 0.194. The summed E-state index contributed by atoms with van der Waals surface area (Å²) in [5, 5.41) is 4.12. The van der Waals surface area contributed by atoms with E-state index in [4.69, 9.17) is 23.2 Å². The van der Waals surface area contributed by atoms with Gasteiger partial charge in [0.25, 0.3) is 0 Å². The first-order chi connectivity index (χ1) is 12.4. The molecule has 0 spiro atoms. The zero-order valence-electron chi connectivity index (χ0n) is 15.1. The summed E-state index contributed by atoms with van der Waals surface area (Å²) in [6.45, 7) is 3.50. The van der Waals surface area contributed by atoms with Crippen molar-refractivity contribution in [3.05, 3.63) is 28.2 Å². The summed E-state index contributed by atoms with van der Waals surface area (Å²) in [5.41, 5.74) is 0. The second-order valence-electron chi connectivity index (χ2n) is 7.58. The molecule has 0 radical (unpaired) electrons. The van der Waals surface area contributed by atoms with E-state index >= 15 is 0 Å². The van der Waals surface area contributed by atoms with Crippen molar-refractivity contribution in [2.24, 2.45) is 11.8 Å². The number of rotatable bonds is 6. The Morgan fingerprint density at radius 3 is 2.04 bits per heavy atom. The summed E-state index contributed by atoms with van der Waals surface area (Å²) < 4.78 is 27.2. The van der Waals surface area contributed by atoms with Gasteiger partial charge in [0.15, 0.2) is 0 Å². The fraction of sp³-hybridized carbons (Fsp3) is 0.684. The highest BCUT2D eigenvalue weighted by molar-refractivity contribution is 7.89. The zero-order chi connectivity index (χ0) is 18.6. The third-order valence-corrected chi connectivity index (χ3v) is 8.04. The lowest BCUT2D eigenvalue weighted by Crippen LogP contribution is -2.38. The van der Waals surface area contributed by atoms with Gasteiger partial charge in [-0.25, -0.2) is 8.42 Å². The van der Waals surface area contributed by atoms with Crippen molar-refractivity contribution in [1.29, 1.82) is 0 Å². The first-order valence-electron chi connectivity index (χ1n) is 9.62. The molecule has 3 rings (SSSR count). The summed E-state index contributed by atoms with van der Waals surface area (Å²) in [5.74, 6) is 1.52. The molecule has 0 amide bonds. The largest absolute Gasteiger partial charge is 0.317 e. The maximum Gasteiger partial charge on any atom is 0.243 e. The maximum atomic E-state index is 12.8. The molecule has 146 valence electrons. The van der Waals surface area contributed by atoms with Gasteiger partial charge < -0.3 is 5.32 Å². The van der Waals surface area contributed by atoms with E-state index in [9.17, 15) is 8.42 Å². The average molecular weight is 419 g/mol. The smallest absolute Gasteiger partial charge is 0.243 e. The lowest BCUT2D eigenvalue weighted by molar-refractivity contribution is 0.250. The molecule has 1 aromatic carbocycles. The van der Waals surface area contributed by atoms with Crippen LogP contribution in [-0.2, 0) is 10.0 Å². The van der Waals surface area contributed by atoms with Crippen molar-refractivity contribution in [1.82, 2.24) is 9.62 Å². The molecule has 2 heterocycles. The van der Waals surface area contributed by atoms with E-state index in [1.54, 1.807) is 10.4 Å². The Labute approximate surface area is 167 Å². The van der Waals surface area contributed by atoms with Gasteiger partial charge in [-0.2, -0.15) is 4.31 Å². The molecule has 2 aliphatic rings. The van der Waals surface area contributed by atoms with E-state index in [0.717, 1.165) is 31.8 Å². The molecule has 0 aliphatic carbocycles. The van der Waals surface area contributed by atoms with Gasteiger partial charge in [0.1, 0.15) is 0 Å². The summed E-state index contributed by atoms with van der Waals surface area (Å²) in [7, 11) is -3.51. The highest BCUT2D eigenvalue weighted by atomic mass is 35.5. The number of nitrogens with one attached hydrogen (secondary N) is 1.